The van der Waals surface area contributed by atoms with Gasteiger partial charge in [0.1, 0.15) is 5.75 Å². The van der Waals surface area contributed by atoms with Crippen LogP contribution in [0.3, 0.4) is 0 Å². The number of hydrogen-bond acceptors (Lipinski definition) is 6. The summed E-state index contributed by atoms with van der Waals surface area (Å²) in [7, 11) is 3.05. The number of carbonyl (C=O) groups excluding carboxylic acids is 1. The molecule has 0 aliphatic heterocycles. The number of fused-ring (bicyclic) bond motifs is 1. The van der Waals surface area contributed by atoms with Gasteiger partial charge in [0.05, 0.1) is 19.7 Å². The van der Waals surface area contributed by atoms with Gasteiger partial charge in [-0.2, -0.15) is 0 Å². The Labute approximate surface area is 183 Å². The Bertz CT molecular complexity index is 1270. The maximum Gasteiger partial charge on any atom is 0.251 e. The molecule has 0 saturated heterocycles. The molecule has 0 aliphatic carbocycles. The first kappa shape index (κ1) is 21.0. The molecule has 0 bridgehead atoms. The van der Waals surface area contributed by atoms with Gasteiger partial charge in [0.25, 0.3) is 5.91 Å². The van der Waals surface area contributed by atoms with Crippen molar-refractivity contribution in [2.24, 2.45) is 0 Å². The zero-order valence-corrected chi connectivity index (χ0v) is 17.5. The Morgan fingerprint density at radius 3 is 2.53 bits per heavy atom. The van der Waals surface area contributed by atoms with E-state index in [9.17, 15) is 9.18 Å². The number of benzene rings is 2. The third kappa shape index (κ3) is 4.44. The van der Waals surface area contributed by atoms with Crippen LogP contribution in [-0.2, 0) is 6.54 Å². The van der Waals surface area contributed by atoms with Crippen molar-refractivity contribution in [1.29, 1.82) is 0 Å². The van der Waals surface area contributed by atoms with Gasteiger partial charge in [0.15, 0.2) is 23.1 Å². The fourth-order valence-electron chi connectivity index (χ4n) is 3.16. The molecule has 7 nitrogen and oxygen atoms in total. The summed E-state index contributed by atoms with van der Waals surface area (Å²) < 4.78 is 31.0. The number of hydrogen-bond donors (Lipinski definition) is 1. The molecular formula is C24H20FN3O4. The lowest BCUT2D eigenvalue weighted by molar-refractivity contribution is 0.0950. The van der Waals surface area contributed by atoms with Gasteiger partial charge in [-0.05, 0) is 42.0 Å². The lowest BCUT2D eigenvalue weighted by atomic mass is 10.1. The van der Waals surface area contributed by atoms with E-state index in [1.807, 2.05) is 6.07 Å². The molecule has 0 spiro atoms. The van der Waals surface area contributed by atoms with E-state index in [1.165, 1.54) is 32.4 Å². The quantitative estimate of drug-likeness (QED) is 0.462. The Morgan fingerprint density at radius 1 is 0.969 bits per heavy atom. The van der Waals surface area contributed by atoms with Crippen molar-refractivity contribution in [3.8, 4) is 23.0 Å². The van der Waals surface area contributed by atoms with Gasteiger partial charge in [-0.3, -0.25) is 14.8 Å². The van der Waals surface area contributed by atoms with E-state index >= 15 is 0 Å². The molecule has 2 aromatic heterocycles. The number of pyridine rings is 2. The van der Waals surface area contributed by atoms with Crippen molar-refractivity contribution in [3.05, 3.63) is 84.1 Å². The van der Waals surface area contributed by atoms with Gasteiger partial charge in [-0.1, -0.05) is 6.07 Å². The number of nitrogens with one attached hydrogen (secondary N) is 1. The number of methoxy groups -OCH3 is 2. The Hall–Kier alpha value is -4.20. The second-order valence-corrected chi connectivity index (χ2v) is 6.82. The van der Waals surface area contributed by atoms with E-state index in [4.69, 9.17) is 14.2 Å². The van der Waals surface area contributed by atoms with Crippen molar-refractivity contribution in [3.63, 3.8) is 0 Å². The van der Waals surface area contributed by atoms with Gasteiger partial charge in [-0.25, -0.2) is 4.39 Å². The highest BCUT2D eigenvalue weighted by molar-refractivity contribution is 5.94. The normalized spacial score (nSPS) is 10.6. The SMILES string of the molecule is COc1cc2nccc(Oc3cc(C(=O)NCc4cccnc4)ccc3F)c2cc1OC. The summed E-state index contributed by atoms with van der Waals surface area (Å²) in [6.07, 6.45) is 4.87. The average Bonchev–Trinajstić information content (AvgIpc) is 2.83. The zero-order valence-electron chi connectivity index (χ0n) is 17.5. The van der Waals surface area contributed by atoms with Gasteiger partial charge in [-0.15, -0.1) is 0 Å². The van der Waals surface area contributed by atoms with Gasteiger partial charge >= 0.3 is 0 Å². The first-order chi connectivity index (χ1) is 15.6. The third-order valence-electron chi connectivity index (χ3n) is 4.80. The smallest absolute Gasteiger partial charge is 0.251 e. The highest BCUT2D eigenvalue weighted by Crippen LogP contribution is 2.37. The van der Waals surface area contributed by atoms with Gasteiger partial charge in [0, 0.05) is 42.2 Å². The highest BCUT2D eigenvalue weighted by Gasteiger charge is 2.15. The minimum atomic E-state index is -0.598. The molecule has 0 fully saturated rings. The summed E-state index contributed by atoms with van der Waals surface area (Å²) in [4.78, 5) is 20.9. The van der Waals surface area contributed by atoms with E-state index in [0.29, 0.717) is 34.7 Å². The number of ether oxygens (including phenoxy) is 3. The van der Waals surface area contributed by atoms with E-state index in [1.54, 1.807) is 42.9 Å². The van der Waals surface area contributed by atoms with Gasteiger partial charge in [0.2, 0.25) is 0 Å². The van der Waals surface area contributed by atoms with Crippen molar-refractivity contribution in [2.75, 3.05) is 14.2 Å². The molecule has 8 heteroatoms. The standard InChI is InChI=1S/C24H20FN3O4/c1-30-22-11-17-19(12-23(22)31-2)27-9-7-20(17)32-21-10-16(5-6-18(21)25)24(29)28-14-15-4-3-8-26-13-15/h3-13H,14H2,1-2H3,(H,28,29). The Kier molecular flexibility index (Phi) is 6.12. The van der Waals surface area contributed by atoms with Crippen molar-refractivity contribution in [2.45, 2.75) is 6.54 Å². The van der Waals surface area contributed by atoms with Crippen LogP contribution in [0.15, 0.2) is 67.1 Å². The maximum atomic E-state index is 14.5. The van der Waals surface area contributed by atoms with Crippen LogP contribution in [0.4, 0.5) is 4.39 Å². The average molecular weight is 433 g/mol. The molecule has 0 aliphatic rings. The molecule has 2 heterocycles. The number of amides is 1. The van der Waals surface area contributed by atoms with Crippen LogP contribution in [0.25, 0.3) is 10.9 Å². The maximum absolute atomic E-state index is 14.5. The minimum Gasteiger partial charge on any atom is -0.493 e. The molecule has 4 aromatic rings. The number of nitrogens with zero attached hydrogens (tertiary/aromatic N) is 2. The molecule has 32 heavy (non-hydrogen) atoms. The molecular weight excluding hydrogens is 413 g/mol. The van der Waals surface area contributed by atoms with Crippen LogP contribution >= 0.6 is 0 Å². The summed E-state index contributed by atoms with van der Waals surface area (Å²) in [5.74, 6) is 0.331. The molecule has 0 atom stereocenters. The van der Waals surface area contributed by atoms with Gasteiger partial charge < -0.3 is 19.5 Å². The van der Waals surface area contributed by atoms with Crippen molar-refractivity contribution in [1.82, 2.24) is 15.3 Å². The molecule has 4 rings (SSSR count). The summed E-state index contributed by atoms with van der Waals surface area (Å²) >= 11 is 0. The van der Waals surface area contributed by atoms with Crippen LogP contribution in [0.5, 0.6) is 23.0 Å². The minimum absolute atomic E-state index is 0.0821. The highest BCUT2D eigenvalue weighted by atomic mass is 19.1. The molecule has 162 valence electrons. The summed E-state index contributed by atoms with van der Waals surface area (Å²) in [6, 6.07) is 12.6. The zero-order chi connectivity index (χ0) is 22.5. The largest absolute Gasteiger partial charge is 0.493 e. The van der Waals surface area contributed by atoms with E-state index in [2.05, 4.69) is 15.3 Å². The molecule has 1 N–H and O–H groups in total. The first-order valence-corrected chi connectivity index (χ1v) is 9.74. The van der Waals surface area contributed by atoms with Crippen LogP contribution in [0.2, 0.25) is 0 Å². The molecule has 0 unspecified atom stereocenters. The van der Waals surface area contributed by atoms with Crippen molar-refractivity contribution < 1.29 is 23.4 Å². The predicted molar refractivity (Wildman–Crippen MR) is 117 cm³/mol. The van der Waals surface area contributed by atoms with Crippen molar-refractivity contribution >= 4 is 16.8 Å². The van der Waals surface area contributed by atoms with E-state index < -0.39 is 5.82 Å². The van der Waals surface area contributed by atoms with Crippen LogP contribution in [0, 0.1) is 5.82 Å². The van der Waals surface area contributed by atoms with Crippen LogP contribution < -0.4 is 19.5 Å². The number of carbonyl (C=O) groups is 1. The Balaban J connectivity index is 1.60. The summed E-state index contributed by atoms with van der Waals surface area (Å²) in [5.41, 5.74) is 1.71. The van der Waals surface area contributed by atoms with Crippen LogP contribution in [-0.4, -0.2) is 30.1 Å². The molecule has 0 saturated carbocycles. The van der Waals surface area contributed by atoms with E-state index in [0.717, 1.165) is 5.56 Å². The first-order valence-electron chi connectivity index (χ1n) is 9.74. The topological polar surface area (TPSA) is 82.6 Å². The second kappa shape index (κ2) is 9.30. The van der Waals surface area contributed by atoms with Crippen LogP contribution in [0.1, 0.15) is 15.9 Å². The fourth-order valence-corrected chi connectivity index (χ4v) is 3.16. The summed E-state index contributed by atoms with van der Waals surface area (Å²) in [6.45, 7) is 0.302. The second-order valence-electron chi connectivity index (χ2n) is 6.82. The number of rotatable bonds is 7. The lowest BCUT2D eigenvalue weighted by Gasteiger charge is -2.13. The summed E-state index contributed by atoms with van der Waals surface area (Å²) in [5, 5.41) is 3.39. The molecule has 1 amide bonds. The fraction of sp³-hybridized carbons (Fsp3) is 0.125. The van der Waals surface area contributed by atoms with E-state index in [-0.39, 0.29) is 17.2 Å². The third-order valence-corrected chi connectivity index (χ3v) is 4.80. The molecule has 0 radical (unpaired) electrons. The molecule has 2 aromatic carbocycles. The number of aromatic nitrogens is 2. The lowest BCUT2D eigenvalue weighted by Crippen LogP contribution is -2.22. The number of halogens is 1. The Morgan fingerprint density at radius 2 is 1.78 bits per heavy atom. The predicted octanol–water partition coefficient (Wildman–Crippen LogP) is 4.51. The monoisotopic (exact) mass is 433 g/mol.